The summed E-state index contributed by atoms with van der Waals surface area (Å²) in [6.45, 7) is 5.00. The maximum Gasteiger partial charge on any atom is 0.142 e. The van der Waals surface area contributed by atoms with Crippen LogP contribution in [0.3, 0.4) is 0 Å². The molecule has 0 saturated carbocycles. The number of likely N-dealkylation sites (N-methyl/N-ethyl adjacent to an activating group) is 2. The van der Waals surface area contributed by atoms with Gasteiger partial charge in [0.2, 0.25) is 0 Å². The van der Waals surface area contributed by atoms with E-state index in [2.05, 4.69) is 30.3 Å². The van der Waals surface area contributed by atoms with Crippen LogP contribution in [0.25, 0.3) is 0 Å². The van der Waals surface area contributed by atoms with Gasteiger partial charge in [-0.1, -0.05) is 19.1 Å². The largest absolute Gasteiger partial charge is 0.495 e. The lowest BCUT2D eigenvalue weighted by atomic mass is 10.2. The summed E-state index contributed by atoms with van der Waals surface area (Å²) >= 11 is 0. The van der Waals surface area contributed by atoms with E-state index in [1.54, 1.807) is 7.11 Å². The van der Waals surface area contributed by atoms with Crippen molar-refractivity contribution in [2.45, 2.75) is 32.0 Å². The molecule has 0 amide bonds. The van der Waals surface area contributed by atoms with Crippen LogP contribution in [0.1, 0.15) is 19.8 Å². The highest BCUT2D eigenvalue weighted by Crippen LogP contribution is 2.28. The minimum absolute atomic E-state index is 0.313. The Bertz CT molecular complexity index is 411. The number of ether oxygens (including phenoxy) is 2. The molecule has 4 nitrogen and oxygen atoms in total. The fourth-order valence-corrected chi connectivity index (χ4v) is 2.72. The van der Waals surface area contributed by atoms with Gasteiger partial charge < -0.3 is 19.7 Å². The van der Waals surface area contributed by atoms with Crippen molar-refractivity contribution in [1.29, 1.82) is 0 Å². The Balaban J connectivity index is 1.87. The van der Waals surface area contributed by atoms with E-state index in [9.17, 15) is 0 Å². The number of methoxy groups -OCH3 is 1. The first-order chi connectivity index (χ1) is 9.74. The first-order valence-corrected chi connectivity index (χ1v) is 7.45. The summed E-state index contributed by atoms with van der Waals surface area (Å²) in [6.07, 6.45) is 2.96. The van der Waals surface area contributed by atoms with E-state index in [-0.39, 0.29) is 0 Å². The van der Waals surface area contributed by atoms with Crippen LogP contribution in [0.5, 0.6) is 5.75 Å². The lowest BCUT2D eigenvalue weighted by Gasteiger charge is -2.25. The molecule has 1 heterocycles. The summed E-state index contributed by atoms with van der Waals surface area (Å²) < 4.78 is 11.5. The van der Waals surface area contributed by atoms with Crippen molar-refractivity contribution in [3.8, 4) is 5.75 Å². The highest BCUT2D eigenvalue weighted by Gasteiger charge is 2.26. The van der Waals surface area contributed by atoms with Gasteiger partial charge in [-0.25, -0.2) is 0 Å². The molecule has 112 valence electrons. The summed E-state index contributed by atoms with van der Waals surface area (Å²) in [5, 5.41) is 3.36. The molecule has 2 rings (SSSR count). The molecule has 4 heteroatoms. The first-order valence-electron chi connectivity index (χ1n) is 7.45. The summed E-state index contributed by atoms with van der Waals surface area (Å²) in [7, 11) is 3.81. The third kappa shape index (κ3) is 3.87. The number of benzene rings is 1. The molecule has 1 saturated heterocycles. The van der Waals surface area contributed by atoms with Gasteiger partial charge in [0.1, 0.15) is 5.75 Å². The zero-order chi connectivity index (χ0) is 14.4. The smallest absolute Gasteiger partial charge is 0.142 e. The summed E-state index contributed by atoms with van der Waals surface area (Å²) in [5.41, 5.74) is 1.12. The second-order valence-corrected chi connectivity index (χ2v) is 5.32. The molecule has 0 aliphatic carbocycles. The lowest BCUT2D eigenvalue weighted by Crippen LogP contribution is -2.32. The fraction of sp³-hybridized carbons (Fsp3) is 0.625. The van der Waals surface area contributed by atoms with E-state index >= 15 is 0 Å². The van der Waals surface area contributed by atoms with Crippen molar-refractivity contribution in [3.05, 3.63) is 24.3 Å². The molecule has 2 unspecified atom stereocenters. The second kappa shape index (κ2) is 7.50. The number of anilines is 1. The molecule has 1 aliphatic rings. The first kappa shape index (κ1) is 15.1. The van der Waals surface area contributed by atoms with E-state index in [0.29, 0.717) is 12.2 Å². The van der Waals surface area contributed by atoms with Crippen molar-refractivity contribution in [2.75, 3.05) is 38.7 Å². The topological polar surface area (TPSA) is 33.7 Å². The van der Waals surface area contributed by atoms with Gasteiger partial charge in [0.15, 0.2) is 0 Å². The highest BCUT2D eigenvalue weighted by molar-refractivity contribution is 5.57. The van der Waals surface area contributed by atoms with Gasteiger partial charge in [-0.3, -0.25) is 0 Å². The van der Waals surface area contributed by atoms with Crippen LogP contribution >= 0.6 is 0 Å². The van der Waals surface area contributed by atoms with Crippen molar-refractivity contribution >= 4 is 5.69 Å². The van der Waals surface area contributed by atoms with Gasteiger partial charge in [-0.15, -0.1) is 0 Å². The lowest BCUT2D eigenvalue weighted by molar-refractivity contribution is 0.0502. The second-order valence-electron chi connectivity index (χ2n) is 5.32. The molecule has 1 fully saturated rings. The summed E-state index contributed by atoms with van der Waals surface area (Å²) in [5.74, 6) is 0.914. The van der Waals surface area contributed by atoms with Crippen molar-refractivity contribution < 1.29 is 9.47 Å². The normalized spacial score (nSPS) is 21.9. The number of nitrogens with one attached hydrogen (secondary N) is 1. The van der Waals surface area contributed by atoms with E-state index in [0.717, 1.165) is 43.9 Å². The molecule has 0 aromatic heterocycles. The van der Waals surface area contributed by atoms with E-state index in [1.807, 2.05) is 18.2 Å². The molecule has 20 heavy (non-hydrogen) atoms. The van der Waals surface area contributed by atoms with Gasteiger partial charge in [0.25, 0.3) is 0 Å². The maximum atomic E-state index is 6.08. The van der Waals surface area contributed by atoms with Gasteiger partial charge in [0, 0.05) is 20.1 Å². The van der Waals surface area contributed by atoms with Crippen LogP contribution in [-0.4, -0.2) is 46.0 Å². The van der Waals surface area contributed by atoms with Crippen molar-refractivity contribution in [1.82, 2.24) is 5.32 Å². The Kier molecular flexibility index (Phi) is 5.68. The summed E-state index contributed by atoms with van der Waals surface area (Å²) in [4.78, 5) is 2.22. The van der Waals surface area contributed by atoms with Crippen LogP contribution in [0.2, 0.25) is 0 Å². The quantitative estimate of drug-likeness (QED) is 0.830. The van der Waals surface area contributed by atoms with E-state index in [1.165, 1.54) is 0 Å². The van der Waals surface area contributed by atoms with E-state index in [4.69, 9.17) is 9.47 Å². The molecule has 0 radical (unpaired) electrons. The third-order valence-corrected chi connectivity index (χ3v) is 3.79. The molecule has 1 aliphatic heterocycles. The number of nitrogens with zero attached hydrogens (tertiary/aromatic N) is 1. The Morgan fingerprint density at radius 3 is 2.80 bits per heavy atom. The average Bonchev–Trinajstić information content (AvgIpc) is 2.92. The van der Waals surface area contributed by atoms with Crippen LogP contribution in [0.4, 0.5) is 5.69 Å². The maximum absolute atomic E-state index is 6.08. The number of rotatable bonds is 7. The van der Waals surface area contributed by atoms with Crippen LogP contribution in [-0.2, 0) is 4.74 Å². The van der Waals surface area contributed by atoms with Crippen LogP contribution in [0.15, 0.2) is 24.3 Å². The van der Waals surface area contributed by atoms with Gasteiger partial charge in [-0.05, 0) is 31.5 Å². The molecule has 1 aromatic carbocycles. The molecule has 1 aromatic rings. The number of hydrogen-bond acceptors (Lipinski definition) is 4. The Morgan fingerprint density at radius 1 is 1.30 bits per heavy atom. The summed E-state index contributed by atoms with van der Waals surface area (Å²) in [6, 6.07) is 8.12. The predicted octanol–water partition coefficient (Wildman–Crippen LogP) is 2.29. The van der Waals surface area contributed by atoms with Crippen LogP contribution < -0.4 is 15.0 Å². The predicted molar refractivity (Wildman–Crippen MR) is 82.7 cm³/mol. The molecular formula is C16H26N2O2. The van der Waals surface area contributed by atoms with Crippen LogP contribution in [0, 0.1) is 0 Å². The molecular weight excluding hydrogens is 252 g/mol. The Labute approximate surface area is 122 Å². The SMILES string of the molecule is CCNCC1CCC(CN(C)c2ccccc2OC)O1. The minimum Gasteiger partial charge on any atom is -0.495 e. The van der Waals surface area contributed by atoms with Crippen molar-refractivity contribution in [3.63, 3.8) is 0 Å². The minimum atomic E-state index is 0.313. The Morgan fingerprint density at radius 2 is 2.05 bits per heavy atom. The molecule has 0 spiro atoms. The molecule has 0 bridgehead atoms. The average molecular weight is 278 g/mol. The zero-order valence-electron chi connectivity index (χ0n) is 12.8. The molecule has 1 N–H and O–H groups in total. The number of para-hydroxylation sites is 2. The van der Waals surface area contributed by atoms with Gasteiger partial charge in [-0.2, -0.15) is 0 Å². The standard InChI is InChI=1S/C16H26N2O2/c1-4-17-11-13-9-10-14(20-13)12-18(2)15-7-5-6-8-16(15)19-3/h5-8,13-14,17H,4,9-12H2,1-3H3. The zero-order valence-corrected chi connectivity index (χ0v) is 12.8. The van der Waals surface area contributed by atoms with E-state index < -0.39 is 0 Å². The highest BCUT2D eigenvalue weighted by atomic mass is 16.5. The van der Waals surface area contributed by atoms with Gasteiger partial charge >= 0.3 is 0 Å². The van der Waals surface area contributed by atoms with Gasteiger partial charge in [0.05, 0.1) is 25.0 Å². The molecule has 2 atom stereocenters. The monoisotopic (exact) mass is 278 g/mol. The number of hydrogen-bond donors (Lipinski definition) is 1. The Hall–Kier alpha value is -1.26. The third-order valence-electron chi connectivity index (χ3n) is 3.79. The van der Waals surface area contributed by atoms with Crippen molar-refractivity contribution in [2.24, 2.45) is 0 Å². The fourth-order valence-electron chi connectivity index (χ4n) is 2.72.